The fourth-order valence-corrected chi connectivity index (χ4v) is 5.48. The second kappa shape index (κ2) is 13.0. The first-order valence-electron chi connectivity index (χ1n) is 13.9. The van der Waals surface area contributed by atoms with Crippen LogP contribution in [0.25, 0.3) is 0 Å². The first-order valence-corrected chi connectivity index (χ1v) is 13.9. The monoisotopic (exact) mass is 527 g/mol. The molecule has 1 atom stereocenters. The van der Waals surface area contributed by atoms with Gasteiger partial charge >= 0.3 is 0 Å². The maximum absolute atomic E-state index is 13.3. The maximum Gasteiger partial charge on any atom is 0.274 e. The summed E-state index contributed by atoms with van der Waals surface area (Å²) in [6, 6.07) is 21.3. The lowest BCUT2D eigenvalue weighted by Gasteiger charge is -2.40. The van der Waals surface area contributed by atoms with Crippen molar-refractivity contribution in [1.29, 1.82) is 0 Å². The Balaban J connectivity index is 1.20. The number of aromatic nitrogens is 2. The lowest BCUT2D eigenvalue weighted by Crippen LogP contribution is -2.50. The van der Waals surface area contributed by atoms with E-state index in [4.69, 9.17) is 4.74 Å². The predicted molar refractivity (Wildman–Crippen MR) is 149 cm³/mol. The summed E-state index contributed by atoms with van der Waals surface area (Å²) in [5.41, 5.74) is 3.57. The van der Waals surface area contributed by atoms with Crippen molar-refractivity contribution in [3.05, 3.63) is 95.6 Å². The fourth-order valence-electron chi connectivity index (χ4n) is 5.48. The standard InChI is InChI=1S/C31H37N5O3/c1-24-21-33-28(22-32-24)31(38)36(23-27-13-8-20-39-27)15-14-29(37)34-16-18-35(19-17-34)30(25-9-4-2-5-10-25)26-11-6-3-7-12-26/h2-7,9-12,21-22,27,30H,8,13-20,23H2,1H3. The molecule has 5 rings (SSSR count). The first-order chi connectivity index (χ1) is 19.1. The molecule has 2 saturated heterocycles. The summed E-state index contributed by atoms with van der Waals surface area (Å²) in [5.74, 6) is -0.130. The topological polar surface area (TPSA) is 78.9 Å². The van der Waals surface area contributed by atoms with Gasteiger partial charge in [0.1, 0.15) is 5.69 Å². The van der Waals surface area contributed by atoms with Crippen LogP contribution in [0.2, 0.25) is 0 Å². The summed E-state index contributed by atoms with van der Waals surface area (Å²) in [5, 5.41) is 0. The van der Waals surface area contributed by atoms with Gasteiger partial charge in [-0.15, -0.1) is 0 Å². The lowest BCUT2D eigenvalue weighted by molar-refractivity contribution is -0.133. The van der Waals surface area contributed by atoms with Crippen molar-refractivity contribution < 1.29 is 14.3 Å². The number of carbonyl (C=O) groups is 2. The maximum atomic E-state index is 13.3. The molecule has 2 fully saturated rings. The van der Waals surface area contributed by atoms with E-state index < -0.39 is 0 Å². The molecule has 2 aliphatic heterocycles. The smallest absolute Gasteiger partial charge is 0.274 e. The second-order valence-corrected chi connectivity index (χ2v) is 10.3. The van der Waals surface area contributed by atoms with Crippen LogP contribution in [0.3, 0.4) is 0 Å². The Morgan fingerprint density at radius 2 is 1.62 bits per heavy atom. The molecule has 3 aromatic rings. The normalized spacial score (nSPS) is 17.9. The number of piperazine rings is 1. The van der Waals surface area contributed by atoms with Gasteiger partial charge in [-0.2, -0.15) is 0 Å². The van der Waals surface area contributed by atoms with Crippen LogP contribution >= 0.6 is 0 Å². The largest absolute Gasteiger partial charge is 0.376 e. The summed E-state index contributed by atoms with van der Waals surface area (Å²) < 4.78 is 5.79. The number of aryl methyl sites for hydroxylation is 1. The molecule has 0 aliphatic carbocycles. The van der Waals surface area contributed by atoms with Gasteiger partial charge in [0.25, 0.3) is 5.91 Å². The molecule has 0 N–H and O–H groups in total. The van der Waals surface area contributed by atoms with Crippen LogP contribution < -0.4 is 0 Å². The highest BCUT2D eigenvalue weighted by Gasteiger charge is 2.29. The van der Waals surface area contributed by atoms with E-state index in [9.17, 15) is 9.59 Å². The molecule has 8 nitrogen and oxygen atoms in total. The molecule has 0 radical (unpaired) electrons. The summed E-state index contributed by atoms with van der Waals surface area (Å²) in [6.07, 6.45) is 5.30. The van der Waals surface area contributed by atoms with E-state index in [0.29, 0.717) is 38.5 Å². The molecule has 0 saturated carbocycles. The Bertz CT molecular complexity index is 1170. The van der Waals surface area contributed by atoms with Gasteiger partial charge < -0.3 is 14.5 Å². The first kappa shape index (κ1) is 27.0. The number of hydrogen-bond acceptors (Lipinski definition) is 6. The highest BCUT2D eigenvalue weighted by molar-refractivity contribution is 5.92. The van der Waals surface area contributed by atoms with E-state index in [-0.39, 0.29) is 30.4 Å². The number of nitrogens with zero attached hydrogens (tertiary/aromatic N) is 5. The minimum atomic E-state index is -0.204. The quantitative estimate of drug-likeness (QED) is 0.422. The summed E-state index contributed by atoms with van der Waals surface area (Å²) in [4.78, 5) is 41.1. The highest BCUT2D eigenvalue weighted by Crippen LogP contribution is 2.29. The van der Waals surface area contributed by atoms with Crippen LogP contribution in [0.5, 0.6) is 0 Å². The van der Waals surface area contributed by atoms with E-state index in [1.165, 1.54) is 17.3 Å². The van der Waals surface area contributed by atoms with Crippen molar-refractivity contribution in [1.82, 2.24) is 24.7 Å². The van der Waals surface area contributed by atoms with Crippen molar-refractivity contribution in [3.8, 4) is 0 Å². The van der Waals surface area contributed by atoms with Crippen molar-refractivity contribution >= 4 is 11.8 Å². The minimum absolute atomic E-state index is 0.00101. The fraction of sp³-hybridized carbons (Fsp3) is 0.419. The van der Waals surface area contributed by atoms with Gasteiger partial charge in [0.15, 0.2) is 0 Å². The molecule has 2 amide bonds. The number of ether oxygens (including phenoxy) is 1. The number of carbonyl (C=O) groups excluding carboxylic acids is 2. The van der Waals surface area contributed by atoms with Gasteiger partial charge in [-0.3, -0.25) is 19.5 Å². The molecule has 1 aromatic heterocycles. The Morgan fingerprint density at radius 3 is 2.18 bits per heavy atom. The van der Waals surface area contributed by atoms with E-state index in [1.807, 2.05) is 24.0 Å². The summed E-state index contributed by atoms with van der Waals surface area (Å²) in [6.45, 7) is 6.26. The molecule has 2 aliphatic rings. The zero-order valence-electron chi connectivity index (χ0n) is 22.6. The van der Waals surface area contributed by atoms with Crippen LogP contribution in [0.4, 0.5) is 0 Å². The second-order valence-electron chi connectivity index (χ2n) is 10.3. The van der Waals surface area contributed by atoms with Crippen LogP contribution in [-0.2, 0) is 9.53 Å². The molecule has 0 bridgehead atoms. The van der Waals surface area contributed by atoms with E-state index >= 15 is 0 Å². The van der Waals surface area contributed by atoms with Gasteiger partial charge in [0.2, 0.25) is 5.91 Å². The summed E-state index contributed by atoms with van der Waals surface area (Å²) >= 11 is 0. The average molecular weight is 528 g/mol. The molecule has 1 unspecified atom stereocenters. The Kier molecular flexibility index (Phi) is 8.96. The zero-order chi connectivity index (χ0) is 27.0. The number of hydrogen-bond donors (Lipinski definition) is 0. The van der Waals surface area contributed by atoms with Crippen molar-refractivity contribution in [2.24, 2.45) is 0 Å². The third-order valence-electron chi connectivity index (χ3n) is 7.59. The van der Waals surface area contributed by atoms with Crippen molar-refractivity contribution in [2.75, 3.05) is 45.9 Å². The van der Waals surface area contributed by atoms with Gasteiger partial charge in [-0.25, -0.2) is 4.98 Å². The van der Waals surface area contributed by atoms with Crippen LogP contribution in [-0.4, -0.2) is 88.5 Å². The van der Waals surface area contributed by atoms with Crippen molar-refractivity contribution in [3.63, 3.8) is 0 Å². The van der Waals surface area contributed by atoms with E-state index in [2.05, 4.69) is 63.4 Å². The third kappa shape index (κ3) is 6.88. The third-order valence-corrected chi connectivity index (χ3v) is 7.59. The number of benzene rings is 2. The van der Waals surface area contributed by atoms with E-state index in [1.54, 1.807) is 11.1 Å². The van der Waals surface area contributed by atoms with Crippen LogP contribution in [0.15, 0.2) is 73.1 Å². The molecular formula is C31H37N5O3. The van der Waals surface area contributed by atoms with E-state index in [0.717, 1.165) is 31.6 Å². The molecular weight excluding hydrogens is 490 g/mol. The lowest BCUT2D eigenvalue weighted by atomic mass is 9.96. The van der Waals surface area contributed by atoms with Crippen LogP contribution in [0.1, 0.15) is 52.6 Å². The molecule has 8 heteroatoms. The SMILES string of the molecule is Cc1cnc(C(=O)N(CCC(=O)N2CCN(C(c3ccccc3)c3ccccc3)CC2)CC2CCCO2)cn1. The Morgan fingerprint density at radius 1 is 0.949 bits per heavy atom. The zero-order valence-corrected chi connectivity index (χ0v) is 22.6. The molecule has 3 heterocycles. The Hall–Kier alpha value is -3.62. The molecule has 204 valence electrons. The summed E-state index contributed by atoms with van der Waals surface area (Å²) in [7, 11) is 0. The van der Waals surface area contributed by atoms with Crippen LogP contribution in [0, 0.1) is 6.92 Å². The van der Waals surface area contributed by atoms with Gasteiger partial charge in [-0.1, -0.05) is 60.7 Å². The van der Waals surface area contributed by atoms with Crippen molar-refractivity contribution in [2.45, 2.75) is 38.3 Å². The minimum Gasteiger partial charge on any atom is -0.376 e. The van der Waals surface area contributed by atoms with Gasteiger partial charge in [0.05, 0.1) is 24.0 Å². The molecule has 39 heavy (non-hydrogen) atoms. The number of rotatable bonds is 9. The average Bonchev–Trinajstić information content (AvgIpc) is 3.50. The van der Waals surface area contributed by atoms with Gasteiger partial charge in [0, 0.05) is 58.5 Å². The number of amides is 2. The molecule has 2 aromatic carbocycles. The Labute approximate surface area is 230 Å². The highest BCUT2D eigenvalue weighted by atomic mass is 16.5. The predicted octanol–water partition coefficient (Wildman–Crippen LogP) is 3.73. The molecule has 0 spiro atoms. The van der Waals surface area contributed by atoms with Gasteiger partial charge in [-0.05, 0) is 30.9 Å².